The summed E-state index contributed by atoms with van der Waals surface area (Å²) in [5.74, 6) is 2.02. The maximum absolute atomic E-state index is 8.81. The van der Waals surface area contributed by atoms with Gasteiger partial charge < -0.3 is 10.8 Å². The van der Waals surface area contributed by atoms with Gasteiger partial charge in [0.15, 0.2) is 0 Å². The molecular formula is C10H20N2OS. The number of aliphatic hydroxyl groups is 1. The average Bonchev–Trinajstić information content (AvgIpc) is 2.23. The Morgan fingerprint density at radius 3 is 2.57 bits per heavy atom. The van der Waals surface area contributed by atoms with Crippen LogP contribution in [0.3, 0.4) is 0 Å². The van der Waals surface area contributed by atoms with Crippen LogP contribution in [0.2, 0.25) is 0 Å². The van der Waals surface area contributed by atoms with E-state index in [1.165, 1.54) is 0 Å². The molecule has 1 unspecified atom stereocenters. The van der Waals surface area contributed by atoms with Crippen molar-refractivity contribution in [2.75, 3.05) is 18.1 Å². The van der Waals surface area contributed by atoms with Crippen LogP contribution in [0.25, 0.3) is 0 Å². The Morgan fingerprint density at radius 2 is 2.07 bits per heavy atom. The summed E-state index contributed by atoms with van der Waals surface area (Å²) in [6.07, 6.45) is 3.31. The molecule has 0 radical (unpaired) electrons. The fourth-order valence-corrected chi connectivity index (χ4v) is 1.96. The van der Waals surface area contributed by atoms with E-state index < -0.39 is 5.54 Å². The van der Waals surface area contributed by atoms with E-state index in [1.807, 2.05) is 18.7 Å². The number of nitrogens with two attached hydrogens (primary N) is 1. The first-order valence-corrected chi connectivity index (χ1v) is 6.22. The Hall–Kier alpha value is -0.240. The van der Waals surface area contributed by atoms with Gasteiger partial charge >= 0.3 is 0 Å². The number of rotatable bonds is 8. The molecule has 0 amide bonds. The summed E-state index contributed by atoms with van der Waals surface area (Å²) in [5.41, 5.74) is 5.20. The van der Waals surface area contributed by atoms with Crippen molar-refractivity contribution >= 4 is 11.8 Å². The van der Waals surface area contributed by atoms with Crippen molar-refractivity contribution in [2.45, 2.75) is 38.1 Å². The summed E-state index contributed by atoms with van der Waals surface area (Å²) >= 11 is 1.81. The van der Waals surface area contributed by atoms with Crippen molar-refractivity contribution in [2.24, 2.45) is 5.73 Å². The van der Waals surface area contributed by atoms with Gasteiger partial charge in [0.2, 0.25) is 0 Å². The summed E-state index contributed by atoms with van der Waals surface area (Å²) in [6.45, 7) is 2.21. The molecule has 14 heavy (non-hydrogen) atoms. The fourth-order valence-electron chi connectivity index (χ4n) is 1.07. The van der Waals surface area contributed by atoms with E-state index in [0.29, 0.717) is 6.42 Å². The van der Waals surface area contributed by atoms with Crippen molar-refractivity contribution in [1.29, 1.82) is 5.26 Å². The molecule has 0 bridgehead atoms. The molecule has 0 saturated carbocycles. The van der Waals surface area contributed by atoms with Gasteiger partial charge in [0.05, 0.1) is 6.07 Å². The van der Waals surface area contributed by atoms with E-state index in [9.17, 15) is 0 Å². The molecule has 0 aliphatic rings. The highest BCUT2D eigenvalue weighted by Gasteiger charge is 2.20. The summed E-state index contributed by atoms with van der Waals surface area (Å²) in [5, 5.41) is 17.4. The fraction of sp³-hybridized carbons (Fsp3) is 0.900. The zero-order valence-corrected chi connectivity index (χ0v) is 9.65. The van der Waals surface area contributed by atoms with Crippen LogP contribution >= 0.6 is 11.8 Å². The van der Waals surface area contributed by atoms with E-state index in [2.05, 4.69) is 6.07 Å². The van der Waals surface area contributed by atoms with Crippen LogP contribution < -0.4 is 5.73 Å². The predicted molar refractivity (Wildman–Crippen MR) is 61.1 cm³/mol. The number of nitrogens with zero attached hydrogens (tertiary/aromatic N) is 1. The zero-order chi connectivity index (χ0) is 10.9. The van der Waals surface area contributed by atoms with Gasteiger partial charge in [-0.3, -0.25) is 0 Å². The average molecular weight is 216 g/mol. The molecule has 82 valence electrons. The quantitative estimate of drug-likeness (QED) is 0.603. The minimum Gasteiger partial charge on any atom is -0.396 e. The van der Waals surface area contributed by atoms with Gasteiger partial charge in [-0.2, -0.15) is 17.0 Å². The third-order valence-corrected chi connectivity index (χ3v) is 3.37. The van der Waals surface area contributed by atoms with Crippen LogP contribution in [0.1, 0.15) is 32.6 Å². The van der Waals surface area contributed by atoms with Gasteiger partial charge in [0.1, 0.15) is 5.54 Å². The first-order valence-electron chi connectivity index (χ1n) is 5.07. The third-order valence-electron chi connectivity index (χ3n) is 2.21. The van der Waals surface area contributed by atoms with Crippen LogP contribution in [0, 0.1) is 11.3 Å². The molecule has 0 aromatic carbocycles. The monoisotopic (exact) mass is 216 g/mol. The van der Waals surface area contributed by atoms with Crippen LogP contribution in [-0.4, -0.2) is 28.8 Å². The van der Waals surface area contributed by atoms with Gasteiger partial charge in [-0.15, -0.1) is 0 Å². The molecular weight excluding hydrogens is 196 g/mol. The molecule has 0 fully saturated rings. The normalized spacial score (nSPS) is 14.7. The Kier molecular flexibility index (Phi) is 7.96. The Balaban J connectivity index is 3.40. The number of hydrogen-bond donors (Lipinski definition) is 2. The molecule has 3 N–H and O–H groups in total. The van der Waals surface area contributed by atoms with Crippen molar-refractivity contribution in [3.05, 3.63) is 0 Å². The van der Waals surface area contributed by atoms with Crippen LogP contribution in [0.4, 0.5) is 0 Å². The number of aliphatic hydroxyl groups excluding tert-OH is 1. The Morgan fingerprint density at radius 1 is 1.43 bits per heavy atom. The number of thioether (sulfide) groups is 1. The first kappa shape index (κ1) is 13.8. The summed E-state index contributed by atoms with van der Waals surface area (Å²) in [6, 6.07) is 2.16. The van der Waals surface area contributed by atoms with E-state index >= 15 is 0 Å². The van der Waals surface area contributed by atoms with Crippen molar-refractivity contribution in [3.8, 4) is 6.07 Å². The van der Waals surface area contributed by atoms with E-state index in [4.69, 9.17) is 16.1 Å². The van der Waals surface area contributed by atoms with E-state index in [0.717, 1.165) is 30.8 Å². The minimum absolute atomic E-state index is 0.265. The second-order valence-electron chi connectivity index (χ2n) is 3.41. The molecule has 0 aromatic heterocycles. The molecule has 0 aliphatic carbocycles. The standard InChI is InChI=1S/C10H20N2OS/c1-2-10(12,9-11)5-3-7-14-8-4-6-13/h13H,2-8,12H2,1H3. The van der Waals surface area contributed by atoms with Crippen LogP contribution in [0.5, 0.6) is 0 Å². The molecule has 4 heteroatoms. The van der Waals surface area contributed by atoms with E-state index in [-0.39, 0.29) is 6.61 Å². The molecule has 3 nitrogen and oxygen atoms in total. The second kappa shape index (κ2) is 8.10. The highest BCUT2D eigenvalue weighted by Crippen LogP contribution is 2.15. The molecule has 0 heterocycles. The van der Waals surface area contributed by atoms with Gasteiger partial charge in [-0.05, 0) is 37.2 Å². The lowest BCUT2D eigenvalue weighted by Crippen LogP contribution is -2.37. The van der Waals surface area contributed by atoms with E-state index in [1.54, 1.807) is 0 Å². The first-order chi connectivity index (χ1) is 6.68. The van der Waals surface area contributed by atoms with Crippen molar-refractivity contribution in [1.82, 2.24) is 0 Å². The molecule has 0 aliphatic heterocycles. The molecule has 1 atom stereocenters. The number of hydrogen-bond acceptors (Lipinski definition) is 4. The third kappa shape index (κ3) is 6.25. The van der Waals surface area contributed by atoms with Gasteiger partial charge in [0.25, 0.3) is 0 Å². The Bertz CT molecular complexity index is 181. The summed E-state index contributed by atoms with van der Waals surface area (Å²) < 4.78 is 0. The van der Waals surface area contributed by atoms with Gasteiger partial charge in [-0.25, -0.2) is 0 Å². The topological polar surface area (TPSA) is 70.0 Å². The van der Waals surface area contributed by atoms with Crippen molar-refractivity contribution in [3.63, 3.8) is 0 Å². The van der Waals surface area contributed by atoms with Crippen LogP contribution in [0.15, 0.2) is 0 Å². The molecule has 0 spiro atoms. The van der Waals surface area contributed by atoms with Gasteiger partial charge in [-0.1, -0.05) is 6.92 Å². The van der Waals surface area contributed by atoms with Crippen LogP contribution in [-0.2, 0) is 0 Å². The minimum atomic E-state index is -0.627. The lowest BCUT2D eigenvalue weighted by atomic mass is 9.94. The Labute approximate surface area is 90.7 Å². The molecule has 0 aromatic rings. The lowest BCUT2D eigenvalue weighted by molar-refractivity contribution is 0.296. The van der Waals surface area contributed by atoms with Crippen molar-refractivity contribution < 1.29 is 5.11 Å². The smallest absolute Gasteiger partial charge is 0.104 e. The number of nitriles is 1. The maximum atomic E-state index is 8.81. The zero-order valence-electron chi connectivity index (χ0n) is 8.83. The highest BCUT2D eigenvalue weighted by atomic mass is 32.2. The predicted octanol–water partition coefficient (Wildman–Crippen LogP) is 1.51. The van der Waals surface area contributed by atoms with Gasteiger partial charge in [0, 0.05) is 6.61 Å². The SMILES string of the molecule is CCC(N)(C#N)CCCSCCCO. The molecule has 0 saturated heterocycles. The molecule has 0 rings (SSSR count). The second-order valence-corrected chi connectivity index (χ2v) is 4.64. The highest BCUT2D eigenvalue weighted by molar-refractivity contribution is 7.99. The maximum Gasteiger partial charge on any atom is 0.104 e. The largest absolute Gasteiger partial charge is 0.396 e. The summed E-state index contributed by atoms with van der Waals surface area (Å²) in [4.78, 5) is 0. The summed E-state index contributed by atoms with van der Waals surface area (Å²) in [7, 11) is 0. The lowest BCUT2D eigenvalue weighted by Gasteiger charge is -2.18.